The summed E-state index contributed by atoms with van der Waals surface area (Å²) >= 11 is 0. The van der Waals surface area contributed by atoms with Crippen LogP contribution >= 0.6 is 0 Å². The van der Waals surface area contributed by atoms with E-state index in [1.54, 1.807) is 0 Å². The van der Waals surface area contributed by atoms with Gasteiger partial charge in [0.05, 0.1) is 6.61 Å². The molecule has 2 saturated heterocycles. The van der Waals surface area contributed by atoms with Crippen molar-refractivity contribution in [3.63, 3.8) is 0 Å². The molecule has 0 aromatic carbocycles. The average molecular weight is 163 g/mol. The number of aliphatic hydroxyl groups is 1. The van der Waals surface area contributed by atoms with Gasteiger partial charge in [-0.1, -0.05) is 0 Å². The van der Waals surface area contributed by atoms with E-state index in [1.165, 1.54) is 0 Å². The van der Waals surface area contributed by atoms with Crippen LogP contribution in [-0.4, -0.2) is 30.2 Å². The Balaban J connectivity index is 2.08. The van der Waals surface area contributed by atoms with Gasteiger partial charge in [-0.25, -0.2) is 8.78 Å². The van der Waals surface area contributed by atoms with Gasteiger partial charge in [0, 0.05) is 17.5 Å². The minimum atomic E-state index is -2.24. The lowest BCUT2D eigenvalue weighted by atomic mass is 9.62. The summed E-state index contributed by atoms with van der Waals surface area (Å²) in [4.78, 5) is 0. The lowest BCUT2D eigenvalue weighted by Gasteiger charge is -2.44. The second-order valence-corrected chi connectivity index (χ2v) is 3.81. The monoisotopic (exact) mass is 163 g/mol. The van der Waals surface area contributed by atoms with Gasteiger partial charge in [-0.15, -0.1) is 0 Å². The molecule has 1 saturated carbocycles. The van der Waals surface area contributed by atoms with Gasteiger partial charge in [-0.3, -0.25) is 0 Å². The van der Waals surface area contributed by atoms with Crippen LogP contribution in [0.4, 0.5) is 8.78 Å². The van der Waals surface area contributed by atoms with Crippen LogP contribution in [0.25, 0.3) is 0 Å². The third-order valence-corrected chi connectivity index (χ3v) is 2.96. The van der Waals surface area contributed by atoms with Crippen LogP contribution in [0.15, 0.2) is 0 Å². The van der Waals surface area contributed by atoms with Crippen LogP contribution in [-0.2, 0) is 0 Å². The molecule has 3 fully saturated rings. The topological polar surface area (TPSA) is 32.3 Å². The summed E-state index contributed by atoms with van der Waals surface area (Å²) in [6, 6.07) is 0. The summed E-state index contributed by atoms with van der Waals surface area (Å²) in [5.74, 6) is 0. The number of aliphatic hydroxyl groups excluding tert-OH is 1. The van der Waals surface area contributed by atoms with Crippen LogP contribution in [0.3, 0.4) is 0 Å². The van der Waals surface area contributed by atoms with Crippen LogP contribution in [0, 0.1) is 5.41 Å². The Hall–Kier alpha value is -0.220. The predicted molar refractivity (Wildman–Crippen MR) is 35.5 cm³/mol. The van der Waals surface area contributed by atoms with Gasteiger partial charge in [-0.05, 0) is 12.8 Å². The van der Waals surface area contributed by atoms with E-state index in [-0.39, 0.29) is 12.1 Å². The lowest BCUT2D eigenvalue weighted by molar-refractivity contribution is -0.0655. The van der Waals surface area contributed by atoms with Gasteiger partial charge in [-0.2, -0.15) is 0 Å². The fourth-order valence-corrected chi connectivity index (χ4v) is 2.31. The van der Waals surface area contributed by atoms with Crippen molar-refractivity contribution in [2.75, 3.05) is 13.2 Å². The van der Waals surface area contributed by atoms with Gasteiger partial charge in [0.1, 0.15) is 0 Å². The quantitative estimate of drug-likeness (QED) is 0.616. The second-order valence-electron chi connectivity index (χ2n) is 3.81. The Morgan fingerprint density at radius 3 is 2.36 bits per heavy atom. The summed E-state index contributed by atoms with van der Waals surface area (Å²) in [6.07, 6.45) is -1.36. The molecule has 2 nitrogen and oxygen atoms in total. The highest BCUT2D eigenvalue weighted by Crippen LogP contribution is 2.56. The maximum atomic E-state index is 12.3. The third kappa shape index (κ3) is 0.767. The molecule has 0 aromatic heterocycles. The van der Waals surface area contributed by atoms with E-state index < -0.39 is 11.8 Å². The molecular formula is C7H11F2NO. The van der Waals surface area contributed by atoms with E-state index in [4.69, 9.17) is 5.11 Å². The molecule has 0 amide bonds. The molecular weight excluding hydrogens is 152 g/mol. The largest absolute Gasteiger partial charge is 0.394 e. The zero-order valence-electron chi connectivity index (χ0n) is 6.11. The Labute approximate surface area is 63.6 Å². The number of rotatable bonds is 2. The lowest BCUT2D eigenvalue weighted by Crippen LogP contribution is -2.52. The summed E-state index contributed by atoms with van der Waals surface area (Å²) in [5.41, 5.74) is -1.15. The highest BCUT2D eigenvalue weighted by atomic mass is 19.3. The van der Waals surface area contributed by atoms with E-state index in [2.05, 4.69) is 5.32 Å². The summed E-state index contributed by atoms with van der Waals surface area (Å²) in [6.45, 7) is 0.354. The molecule has 2 N–H and O–H groups in total. The highest BCUT2D eigenvalue weighted by molar-refractivity contribution is 5.17. The van der Waals surface area contributed by atoms with Crippen molar-refractivity contribution in [1.82, 2.24) is 5.32 Å². The molecule has 11 heavy (non-hydrogen) atoms. The number of halogens is 2. The predicted octanol–water partition coefficient (Wildman–Crippen LogP) is 0.366. The maximum Gasteiger partial charge on any atom is 0.245 e. The van der Waals surface area contributed by atoms with Crippen molar-refractivity contribution < 1.29 is 13.9 Å². The number of fused-ring (bicyclic) bond motifs is 1. The zero-order valence-corrected chi connectivity index (χ0v) is 6.11. The Bertz CT molecular complexity index is 177. The summed E-state index contributed by atoms with van der Waals surface area (Å²) in [7, 11) is 0. The first-order valence-electron chi connectivity index (χ1n) is 3.77. The van der Waals surface area contributed by atoms with E-state index in [1.807, 2.05) is 0 Å². The molecule has 0 spiro atoms. The average Bonchev–Trinajstić information content (AvgIpc) is 2.39. The molecule has 0 aromatic rings. The Morgan fingerprint density at radius 1 is 1.45 bits per heavy atom. The van der Waals surface area contributed by atoms with E-state index in [0.29, 0.717) is 19.4 Å². The molecule has 2 aliphatic heterocycles. The standard InChI is InChI=1S/C7H11F2NO/c8-5(9)6-1-7(2-6,4-11)10-3-6/h5,10-11H,1-4H2. The van der Waals surface area contributed by atoms with Crippen molar-refractivity contribution in [3.05, 3.63) is 0 Å². The SMILES string of the molecule is OCC12CC(C(F)F)(CN1)C2. The maximum absolute atomic E-state index is 12.3. The number of hydrogen-bond acceptors (Lipinski definition) is 2. The molecule has 64 valence electrons. The fourth-order valence-electron chi connectivity index (χ4n) is 2.31. The molecule has 0 unspecified atom stereocenters. The Kier molecular flexibility index (Phi) is 1.30. The summed E-state index contributed by atoms with van der Waals surface area (Å²) in [5, 5.41) is 11.8. The number of alkyl halides is 2. The van der Waals surface area contributed by atoms with E-state index in [0.717, 1.165) is 0 Å². The van der Waals surface area contributed by atoms with Crippen LogP contribution in [0.5, 0.6) is 0 Å². The number of hydrogen-bond donors (Lipinski definition) is 2. The first-order chi connectivity index (χ1) is 5.13. The molecule has 2 bridgehead atoms. The first-order valence-corrected chi connectivity index (χ1v) is 3.77. The van der Waals surface area contributed by atoms with Crippen molar-refractivity contribution >= 4 is 0 Å². The molecule has 1 aliphatic carbocycles. The van der Waals surface area contributed by atoms with Gasteiger partial charge >= 0.3 is 0 Å². The van der Waals surface area contributed by atoms with Crippen molar-refractivity contribution in [1.29, 1.82) is 0 Å². The van der Waals surface area contributed by atoms with Crippen LogP contribution < -0.4 is 5.32 Å². The van der Waals surface area contributed by atoms with Crippen molar-refractivity contribution in [2.24, 2.45) is 5.41 Å². The van der Waals surface area contributed by atoms with Crippen LogP contribution in [0.2, 0.25) is 0 Å². The molecule has 0 atom stereocenters. The highest BCUT2D eigenvalue weighted by Gasteiger charge is 2.64. The van der Waals surface area contributed by atoms with Crippen molar-refractivity contribution in [3.8, 4) is 0 Å². The normalized spacial score (nSPS) is 48.0. The molecule has 3 aliphatic rings. The van der Waals surface area contributed by atoms with Crippen molar-refractivity contribution in [2.45, 2.75) is 24.8 Å². The molecule has 2 heterocycles. The molecule has 3 rings (SSSR count). The van der Waals surface area contributed by atoms with Crippen LogP contribution in [0.1, 0.15) is 12.8 Å². The van der Waals surface area contributed by atoms with Gasteiger partial charge in [0.15, 0.2) is 0 Å². The number of nitrogens with one attached hydrogen (secondary N) is 1. The van der Waals surface area contributed by atoms with E-state index >= 15 is 0 Å². The van der Waals surface area contributed by atoms with Gasteiger partial charge in [0.2, 0.25) is 6.43 Å². The molecule has 4 heteroatoms. The smallest absolute Gasteiger partial charge is 0.245 e. The first kappa shape index (κ1) is 7.43. The Morgan fingerprint density at radius 2 is 2.09 bits per heavy atom. The molecule has 0 radical (unpaired) electrons. The summed E-state index contributed by atoms with van der Waals surface area (Å²) < 4.78 is 24.7. The fraction of sp³-hybridized carbons (Fsp3) is 1.00. The third-order valence-electron chi connectivity index (χ3n) is 2.96. The van der Waals surface area contributed by atoms with E-state index in [9.17, 15) is 8.78 Å². The van der Waals surface area contributed by atoms with Gasteiger partial charge in [0.25, 0.3) is 0 Å². The zero-order chi connectivity index (χ0) is 8.11. The minimum Gasteiger partial charge on any atom is -0.394 e. The van der Waals surface area contributed by atoms with Gasteiger partial charge < -0.3 is 10.4 Å². The minimum absolute atomic E-state index is 0.0124. The second kappa shape index (κ2) is 1.93.